The number of likely N-dealkylation sites (tertiary alicyclic amines) is 1. The zero-order valence-electron chi connectivity index (χ0n) is 11.6. The Hall–Kier alpha value is -1.26. The summed E-state index contributed by atoms with van der Waals surface area (Å²) in [5.41, 5.74) is 5.63. The predicted octanol–water partition coefficient (Wildman–Crippen LogP) is 1.65. The van der Waals surface area contributed by atoms with Crippen molar-refractivity contribution >= 4 is 11.7 Å². The summed E-state index contributed by atoms with van der Waals surface area (Å²) < 4.78 is 0. The monoisotopic (exact) mass is 255 g/mol. The standard InChI is InChI=1S/C13H25N3O2/c1-4-5-11(12(14)15-18)13(17)16-7-6-9(2)10(3)8-16/h9-11,18H,4-8H2,1-3H3,(H2,14,15). The van der Waals surface area contributed by atoms with Gasteiger partial charge in [-0.3, -0.25) is 4.79 Å². The Kier molecular flexibility index (Phi) is 5.44. The summed E-state index contributed by atoms with van der Waals surface area (Å²) in [7, 11) is 0. The van der Waals surface area contributed by atoms with Gasteiger partial charge in [-0.1, -0.05) is 32.3 Å². The van der Waals surface area contributed by atoms with Gasteiger partial charge in [-0.25, -0.2) is 0 Å². The molecule has 1 aliphatic heterocycles. The van der Waals surface area contributed by atoms with Crippen LogP contribution in [0.25, 0.3) is 0 Å². The number of oxime groups is 1. The van der Waals surface area contributed by atoms with Crippen LogP contribution in [-0.4, -0.2) is 34.9 Å². The number of piperidine rings is 1. The molecule has 0 spiro atoms. The molecule has 104 valence electrons. The van der Waals surface area contributed by atoms with Gasteiger partial charge in [0.05, 0.1) is 5.92 Å². The number of carbonyl (C=O) groups is 1. The van der Waals surface area contributed by atoms with Crippen molar-refractivity contribution in [1.29, 1.82) is 0 Å². The smallest absolute Gasteiger partial charge is 0.233 e. The van der Waals surface area contributed by atoms with Crippen LogP contribution in [0.5, 0.6) is 0 Å². The summed E-state index contributed by atoms with van der Waals surface area (Å²) in [4.78, 5) is 14.3. The molecule has 0 bridgehead atoms. The van der Waals surface area contributed by atoms with Crippen molar-refractivity contribution in [3.05, 3.63) is 0 Å². The van der Waals surface area contributed by atoms with Gasteiger partial charge >= 0.3 is 0 Å². The number of nitrogens with two attached hydrogens (primary N) is 1. The molecule has 3 unspecified atom stereocenters. The van der Waals surface area contributed by atoms with Gasteiger partial charge in [0.2, 0.25) is 5.91 Å². The van der Waals surface area contributed by atoms with Crippen LogP contribution in [0.2, 0.25) is 0 Å². The van der Waals surface area contributed by atoms with Crippen LogP contribution in [-0.2, 0) is 4.79 Å². The molecule has 1 saturated heterocycles. The lowest BCUT2D eigenvalue weighted by Crippen LogP contribution is -2.47. The van der Waals surface area contributed by atoms with Crippen molar-refractivity contribution in [3.8, 4) is 0 Å². The zero-order valence-corrected chi connectivity index (χ0v) is 11.6. The first-order valence-corrected chi connectivity index (χ1v) is 6.77. The van der Waals surface area contributed by atoms with E-state index in [-0.39, 0.29) is 11.7 Å². The highest BCUT2D eigenvalue weighted by atomic mass is 16.4. The van der Waals surface area contributed by atoms with Gasteiger partial charge in [-0.05, 0) is 24.7 Å². The number of carbonyl (C=O) groups excluding carboxylic acids is 1. The van der Waals surface area contributed by atoms with Crippen LogP contribution in [0.15, 0.2) is 5.16 Å². The Labute approximate surface area is 109 Å². The number of amides is 1. The van der Waals surface area contributed by atoms with Crippen LogP contribution in [0.3, 0.4) is 0 Å². The molecule has 3 N–H and O–H groups in total. The lowest BCUT2D eigenvalue weighted by Gasteiger charge is -2.36. The Bertz CT molecular complexity index is 317. The fourth-order valence-corrected chi connectivity index (χ4v) is 2.44. The maximum absolute atomic E-state index is 12.4. The average molecular weight is 255 g/mol. The van der Waals surface area contributed by atoms with Crippen molar-refractivity contribution in [2.75, 3.05) is 13.1 Å². The molecule has 1 rings (SSSR count). The second-order valence-corrected chi connectivity index (χ2v) is 5.39. The normalized spacial score (nSPS) is 27.1. The number of nitrogens with zero attached hydrogens (tertiary/aromatic N) is 2. The van der Waals surface area contributed by atoms with Crippen molar-refractivity contribution in [2.45, 2.75) is 40.0 Å². The van der Waals surface area contributed by atoms with Gasteiger partial charge in [0.15, 0.2) is 5.84 Å². The van der Waals surface area contributed by atoms with Crippen LogP contribution < -0.4 is 5.73 Å². The maximum atomic E-state index is 12.4. The predicted molar refractivity (Wildman–Crippen MR) is 71.3 cm³/mol. The number of hydrogen-bond donors (Lipinski definition) is 2. The van der Waals surface area contributed by atoms with E-state index in [0.29, 0.717) is 18.3 Å². The Morgan fingerprint density at radius 3 is 2.67 bits per heavy atom. The third kappa shape index (κ3) is 3.37. The van der Waals surface area contributed by atoms with Crippen molar-refractivity contribution in [3.63, 3.8) is 0 Å². The van der Waals surface area contributed by atoms with E-state index < -0.39 is 5.92 Å². The highest BCUT2D eigenvalue weighted by Crippen LogP contribution is 2.24. The highest BCUT2D eigenvalue weighted by Gasteiger charge is 2.31. The third-order valence-electron chi connectivity index (χ3n) is 3.99. The van der Waals surface area contributed by atoms with E-state index in [1.165, 1.54) is 0 Å². The molecule has 5 nitrogen and oxygen atoms in total. The minimum absolute atomic E-state index is 0.00546. The SMILES string of the molecule is CCCC(C(=O)N1CCC(C)C(C)C1)C(N)=NO. The molecule has 0 radical (unpaired) electrons. The first kappa shape index (κ1) is 14.8. The van der Waals surface area contributed by atoms with E-state index >= 15 is 0 Å². The van der Waals surface area contributed by atoms with Gasteiger partial charge < -0.3 is 15.8 Å². The molecule has 0 aromatic carbocycles. The Morgan fingerprint density at radius 2 is 2.17 bits per heavy atom. The Balaban J connectivity index is 2.71. The van der Waals surface area contributed by atoms with Crippen molar-refractivity contribution < 1.29 is 10.0 Å². The minimum atomic E-state index is -0.472. The summed E-state index contributed by atoms with van der Waals surface area (Å²) >= 11 is 0. The van der Waals surface area contributed by atoms with Crippen LogP contribution in [0.4, 0.5) is 0 Å². The summed E-state index contributed by atoms with van der Waals surface area (Å²) in [5, 5.41) is 11.8. The second-order valence-electron chi connectivity index (χ2n) is 5.39. The molecule has 0 saturated carbocycles. The topological polar surface area (TPSA) is 78.9 Å². The highest BCUT2D eigenvalue weighted by molar-refractivity contribution is 6.02. The lowest BCUT2D eigenvalue weighted by molar-refractivity contribution is -0.136. The fourth-order valence-electron chi connectivity index (χ4n) is 2.44. The molecule has 0 aliphatic carbocycles. The molecule has 1 amide bonds. The number of rotatable bonds is 4. The van der Waals surface area contributed by atoms with Gasteiger partial charge in [-0.2, -0.15) is 0 Å². The van der Waals surface area contributed by atoms with Crippen LogP contribution >= 0.6 is 0 Å². The summed E-state index contributed by atoms with van der Waals surface area (Å²) in [5.74, 6) is 0.736. The second kappa shape index (κ2) is 6.61. The van der Waals surface area contributed by atoms with Crippen molar-refractivity contribution in [2.24, 2.45) is 28.6 Å². The molecule has 1 aliphatic rings. The molecule has 18 heavy (non-hydrogen) atoms. The van der Waals surface area contributed by atoms with E-state index in [1.54, 1.807) is 0 Å². The van der Waals surface area contributed by atoms with Gasteiger partial charge in [0, 0.05) is 13.1 Å². The van der Waals surface area contributed by atoms with Crippen LogP contribution in [0, 0.1) is 17.8 Å². The molecule has 0 aromatic heterocycles. The largest absolute Gasteiger partial charge is 0.409 e. The van der Waals surface area contributed by atoms with E-state index in [1.807, 2.05) is 11.8 Å². The zero-order chi connectivity index (χ0) is 13.7. The molecule has 5 heteroatoms. The first-order valence-electron chi connectivity index (χ1n) is 6.77. The Morgan fingerprint density at radius 1 is 1.50 bits per heavy atom. The summed E-state index contributed by atoms with van der Waals surface area (Å²) in [6.07, 6.45) is 2.50. The minimum Gasteiger partial charge on any atom is -0.409 e. The van der Waals surface area contributed by atoms with E-state index in [2.05, 4.69) is 19.0 Å². The quantitative estimate of drug-likeness (QED) is 0.347. The summed E-state index contributed by atoms with van der Waals surface area (Å²) in [6, 6.07) is 0. The molecule has 3 atom stereocenters. The molecule has 1 fully saturated rings. The molecular formula is C13H25N3O2. The van der Waals surface area contributed by atoms with Gasteiger partial charge in [0.25, 0.3) is 0 Å². The third-order valence-corrected chi connectivity index (χ3v) is 3.99. The van der Waals surface area contributed by atoms with Gasteiger partial charge in [-0.15, -0.1) is 0 Å². The lowest BCUT2D eigenvalue weighted by atomic mass is 9.87. The number of amidine groups is 1. The molecular weight excluding hydrogens is 230 g/mol. The van der Waals surface area contributed by atoms with Crippen LogP contribution in [0.1, 0.15) is 40.0 Å². The average Bonchev–Trinajstić information content (AvgIpc) is 2.37. The first-order chi connectivity index (χ1) is 8.51. The molecule has 0 aromatic rings. The maximum Gasteiger partial charge on any atom is 0.233 e. The summed E-state index contributed by atoms with van der Waals surface area (Å²) in [6.45, 7) is 7.94. The molecule has 1 heterocycles. The van der Waals surface area contributed by atoms with Crippen molar-refractivity contribution in [1.82, 2.24) is 4.90 Å². The van der Waals surface area contributed by atoms with E-state index in [9.17, 15) is 4.79 Å². The van der Waals surface area contributed by atoms with E-state index in [0.717, 1.165) is 25.9 Å². The fraction of sp³-hybridized carbons (Fsp3) is 0.846. The van der Waals surface area contributed by atoms with E-state index in [4.69, 9.17) is 10.9 Å². The number of hydrogen-bond acceptors (Lipinski definition) is 3. The van der Waals surface area contributed by atoms with Gasteiger partial charge in [0.1, 0.15) is 0 Å².